The quantitative estimate of drug-likeness (QED) is 0.667. The molecule has 15 heavy (non-hydrogen) atoms. The SMILES string of the molecule is CCOC(=O)CCN[C@H]1CCCC[C@@H]1O. The van der Waals surface area contributed by atoms with Crippen LogP contribution in [0.3, 0.4) is 0 Å². The van der Waals surface area contributed by atoms with Crippen molar-refractivity contribution in [3.8, 4) is 0 Å². The van der Waals surface area contributed by atoms with Crippen molar-refractivity contribution in [2.24, 2.45) is 0 Å². The monoisotopic (exact) mass is 215 g/mol. The van der Waals surface area contributed by atoms with Crippen molar-refractivity contribution in [2.45, 2.75) is 51.2 Å². The van der Waals surface area contributed by atoms with Gasteiger partial charge in [0.2, 0.25) is 0 Å². The molecule has 0 bridgehead atoms. The zero-order valence-electron chi connectivity index (χ0n) is 9.37. The van der Waals surface area contributed by atoms with Gasteiger partial charge in [-0.25, -0.2) is 0 Å². The van der Waals surface area contributed by atoms with Gasteiger partial charge in [0.15, 0.2) is 0 Å². The van der Waals surface area contributed by atoms with Crippen LogP contribution in [0.25, 0.3) is 0 Å². The largest absolute Gasteiger partial charge is 0.466 e. The molecule has 0 aromatic carbocycles. The molecule has 0 aromatic rings. The number of hydrogen-bond donors (Lipinski definition) is 2. The fourth-order valence-electron chi connectivity index (χ4n) is 1.94. The summed E-state index contributed by atoms with van der Waals surface area (Å²) in [5.74, 6) is -0.171. The predicted octanol–water partition coefficient (Wildman–Crippen LogP) is 0.833. The van der Waals surface area contributed by atoms with Gasteiger partial charge in [0.05, 0.1) is 19.1 Å². The summed E-state index contributed by atoms with van der Waals surface area (Å²) in [5.41, 5.74) is 0. The maximum absolute atomic E-state index is 11.0. The molecule has 0 radical (unpaired) electrons. The fraction of sp³-hybridized carbons (Fsp3) is 0.909. The van der Waals surface area contributed by atoms with E-state index in [1.165, 1.54) is 0 Å². The van der Waals surface area contributed by atoms with E-state index in [0.717, 1.165) is 25.7 Å². The third-order valence-electron chi connectivity index (χ3n) is 2.77. The summed E-state index contributed by atoms with van der Waals surface area (Å²) >= 11 is 0. The summed E-state index contributed by atoms with van der Waals surface area (Å²) in [6, 6.07) is 0.160. The maximum atomic E-state index is 11.0. The molecule has 0 unspecified atom stereocenters. The second-order valence-electron chi connectivity index (χ2n) is 3.97. The molecular formula is C11H21NO3. The maximum Gasteiger partial charge on any atom is 0.307 e. The number of aliphatic hydroxyl groups is 1. The summed E-state index contributed by atoms with van der Waals surface area (Å²) in [5, 5.41) is 12.9. The first kappa shape index (κ1) is 12.5. The molecule has 1 saturated carbocycles. The highest BCUT2D eigenvalue weighted by atomic mass is 16.5. The lowest BCUT2D eigenvalue weighted by atomic mass is 9.92. The van der Waals surface area contributed by atoms with Gasteiger partial charge in [-0.15, -0.1) is 0 Å². The molecule has 2 atom stereocenters. The van der Waals surface area contributed by atoms with Crippen LogP contribution in [-0.4, -0.2) is 36.4 Å². The van der Waals surface area contributed by atoms with Crippen molar-refractivity contribution in [1.82, 2.24) is 5.32 Å². The average Bonchev–Trinajstić information content (AvgIpc) is 2.21. The Morgan fingerprint density at radius 1 is 1.47 bits per heavy atom. The van der Waals surface area contributed by atoms with Gasteiger partial charge in [-0.2, -0.15) is 0 Å². The van der Waals surface area contributed by atoms with Gasteiger partial charge in [-0.1, -0.05) is 12.8 Å². The van der Waals surface area contributed by atoms with Gasteiger partial charge in [0.25, 0.3) is 0 Å². The lowest BCUT2D eigenvalue weighted by molar-refractivity contribution is -0.143. The first-order valence-corrected chi connectivity index (χ1v) is 5.81. The summed E-state index contributed by atoms with van der Waals surface area (Å²) < 4.78 is 4.82. The predicted molar refractivity (Wildman–Crippen MR) is 57.5 cm³/mol. The van der Waals surface area contributed by atoms with Crippen LogP contribution in [0.2, 0.25) is 0 Å². The summed E-state index contributed by atoms with van der Waals surface area (Å²) in [6.07, 6.45) is 4.28. The Morgan fingerprint density at radius 2 is 2.20 bits per heavy atom. The Balaban J connectivity index is 2.10. The van der Waals surface area contributed by atoms with Crippen LogP contribution in [0.5, 0.6) is 0 Å². The van der Waals surface area contributed by atoms with E-state index in [1.54, 1.807) is 6.92 Å². The highest BCUT2D eigenvalue weighted by Gasteiger charge is 2.22. The second kappa shape index (κ2) is 6.80. The van der Waals surface area contributed by atoms with E-state index in [1.807, 2.05) is 0 Å². The van der Waals surface area contributed by atoms with Crippen molar-refractivity contribution in [3.05, 3.63) is 0 Å². The highest BCUT2D eigenvalue weighted by molar-refractivity contribution is 5.69. The number of carbonyl (C=O) groups excluding carboxylic acids is 1. The van der Waals surface area contributed by atoms with E-state index in [0.29, 0.717) is 19.6 Å². The standard InChI is InChI=1S/C11H21NO3/c1-2-15-11(14)7-8-12-9-5-3-4-6-10(9)13/h9-10,12-13H,2-8H2,1H3/t9-,10-/m0/s1. The van der Waals surface area contributed by atoms with Crippen molar-refractivity contribution in [2.75, 3.05) is 13.2 Å². The van der Waals surface area contributed by atoms with E-state index < -0.39 is 0 Å². The number of carbonyl (C=O) groups is 1. The third-order valence-corrected chi connectivity index (χ3v) is 2.77. The van der Waals surface area contributed by atoms with Crippen molar-refractivity contribution in [1.29, 1.82) is 0 Å². The molecule has 2 N–H and O–H groups in total. The van der Waals surface area contributed by atoms with Crippen LogP contribution in [0, 0.1) is 0 Å². The molecule has 0 amide bonds. The molecule has 4 heteroatoms. The van der Waals surface area contributed by atoms with Crippen molar-refractivity contribution in [3.63, 3.8) is 0 Å². The van der Waals surface area contributed by atoms with Gasteiger partial charge in [-0.05, 0) is 19.8 Å². The van der Waals surface area contributed by atoms with Gasteiger partial charge in [-0.3, -0.25) is 4.79 Å². The lowest BCUT2D eigenvalue weighted by Crippen LogP contribution is -2.42. The Kier molecular flexibility index (Phi) is 5.65. The van der Waals surface area contributed by atoms with Crippen LogP contribution in [0.15, 0.2) is 0 Å². The molecule has 88 valence electrons. The second-order valence-corrected chi connectivity index (χ2v) is 3.97. The van der Waals surface area contributed by atoms with Gasteiger partial charge >= 0.3 is 5.97 Å². The highest BCUT2D eigenvalue weighted by Crippen LogP contribution is 2.18. The molecule has 1 fully saturated rings. The zero-order valence-corrected chi connectivity index (χ0v) is 9.37. The van der Waals surface area contributed by atoms with E-state index in [2.05, 4.69) is 5.32 Å². The summed E-state index contributed by atoms with van der Waals surface area (Å²) in [7, 11) is 0. The molecule has 0 spiro atoms. The molecule has 0 aromatic heterocycles. The number of hydrogen-bond acceptors (Lipinski definition) is 4. The van der Waals surface area contributed by atoms with Crippen LogP contribution < -0.4 is 5.32 Å². The van der Waals surface area contributed by atoms with E-state index in [9.17, 15) is 9.90 Å². The van der Waals surface area contributed by atoms with E-state index in [-0.39, 0.29) is 18.1 Å². The van der Waals surface area contributed by atoms with Gasteiger partial charge in [0.1, 0.15) is 0 Å². The summed E-state index contributed by atoms with van der Waals surface area (Å²) in [4.78, 5) is 11.0. The number of nitrogens with one attached hydrogen (secondary N) is 1. The number of esters is 1. The van der Waals surface area contributed by atoms with Crippen molar-refractivity contribution < 1.29 is 14.6 Å². The molecule has 0 heterocycles. The topological polar surface area (TPSA) is 58.6 Å². The van der Waals surface area contributed by atoms with Crippen LogP contribution in [0.1, 0.15) is 39.0 Å². The smallest absolute Gasteiger partial charge is 0.307 e. The van der Waals surface area contributed by atoms with Crippen molar-refractivity contribution >= 4 is 5.97 Å². The number of rotatable bonds is 5. The lowest BCUT2D eigenvalue weighted by Gasteiger charge is -2.28. The first-order chi connectivity index (χ1) is 7.24. The zero-order chi connectivity index (χ0) is 11.1. The average molecular weight is 215 g/mol. The Bertz CT molecular complexity index is 196. The van der Waals surface area contributed by atoms with Gasteiger partial charge < -0.3 is 15.2 Å². The van der Waals surface area contributed by atoms with Crippen LogP contribution in [-0.2, 0) is 9.53 Å². The summed E-state index contributed by atoms with van der Waals surface area (Å²) in [6.45, 7) is 2.83. The molecule has 0 aliphatic heterocycles. The molecular weight excluding hydrogens is 194 g/mol. The minimum absolute atomic E-state index is 0.160. The number of aliphatic hydroxyl groups excluding tert-OH is 1. The molecule has 4 nitrogen and oxygen atoms in total. The molecule has 1 aliphatic carbocycles. The minimum Gasteiger partial charge on any atom is -0.466 e. The number of ether oxygens (including phenoxy) is 1. The van der Waals surface area contributed by atoms with Gasteiger partial charge in [0, 0.05) is 12.6 Å². The Morgan fingerprint density at radius 3 is 2.87 bits per heavy atom. The Labute approximate surface area is 91.0 Å². The normalized spacial score (nSPS) is 26.3. The van der Waals surface area contributed by atoms with Crippen LogP contribution in [0.4, 0.5) is 0 Å². The molecule has 0 saturated heterocycles. The third kappa shape index (κ3) is 4.62. The van der Waals surface area contributed by atoms with E-state index in [4.69, 9.17) is 4.74 Å². The fourth-order valence-corrected chi connectivity index (χ4v) is 1.94. The minimum atomic E-state index is -0.249. The Hall–Kier alpha value is -0.610. The molecule has 1 rings (SSSR count). The first-order valence-electron chi connectivity index (χ1n) is 5.81. The van der Waals surface area contributed by atoms with E-state index >= 15 is 0 Å². The molecule has 1 aliphatic rings. The van der Waals surface area contributed by atoms with Crippen LogP contribution >= 0.6 is 0 Å².